The zero-order chi connectivity index (χ0) is 31.7. The number of nitrogens with two attached hydrogens (primary N) is 2. The molecule has 1 aliphatic rings. The number of nitrogens with one attached hydrogen (secondary N) is 3. The van der Waals surface area contributed by atoms with Crippen LogP contribution in [0.3, 0.4) is 0 Å². The van der Waals surface area contributed by atoms with Crippen LogP contribution < -0.4 is 26.8 Å². The highest BCUT2D eigenvalue weighted by Crippen LogP contribution is 2.28. The highest BCUT2D eigenvalue weighted by Gasteiger charge is 2.29. The van der Waals surface area contributed by atoms with Crippen LogP contribution in [0.1, 0.15) is 72.5 Å². The van der Waals surface area contributed by atoms with E-state index >= 15 is 0 Å². The van der Waals surface area contributed by atoms with Crippen molar-refractivity contribution >= 4 is 39.3 Å². The quantitative estimate of drug-likeness (QED) is 0.105. The first-order chi connectivity index (χ1) is 20.3. The van der Waals surface area contributed by atoms with Crippen LogP contribution in [0.4, 0.5) is 5.69 Å². The lowest BCUT2D eigenvalue weighted by Gasteiger charge is -2.28. The summed E-state index contributed by atoms with van der Waals surface area (Å²) in [5.74, 6) is -0.694. The van der Waals surface area contributed by atoms with Gasteiger partial charge in [-0.15, -0.1) is 0 Å². The number of aryl methyl sites for hydroxylation is 3. The van der Waals surface area contributed by atoms with E-state index in [-0.39, 0.29) is 41.4 Å². The fraction of sp³-hybridized carbons (Fsp3) is 0.484. The molecule has 0 spiro atoms. The maximum absolute atomic E-state index is 13.2. The predicted molar refractivity (Wildman–Crippen MR) is 168 cm³/mol. The van der Waals surface area contributed by atoms with E-state index in [0.29, 0.717) is 41.3 Å². The van der Waals surface area contributed by atoms with Crippen LogP contribution in [-0.4, -0.2) is 51.1 Å². The third-order valence-corrected chi connectivity index (χ3v) is 9.45. The molecule has 2 amide bonds. The number of benzene rings is 2. The van der Waals surface area contributed by atoms with Gasteiger partial charge in [-0.3, -0.25) is 19.4 Å². The Balaban J connectivity index is 1.65. The van der Waals surface area contributed by atoms with Gasteiger partial charge in [0.25, 0.3) is 10.0 Å². The van der Waals surface area contributed by atoms with E-state index in [0.717, 1.165) is 31.2 Å². The molecule has 12 heteroatoms. The van der Waals surface area contributed by atoms with Crippen molar-refractivity contribution in [2.45, 2.75) is 77.2 Å². The number of carbonyl (C=O) groups is 3. The number of rotatable bonds is 12. The Morgan fingerprint density at radius 1 is 1.00 bits per heavy atom. The largest absolute Gasteiger partial charge is 0.369 e. The predicted octanol–water partition coefficient (Wildman–Crippen LogP) is 3.08. The summed E-state index contributed by atoms with van der Waals surface area (Å²) in [7, 11) is -3.94. The van der Waals surface area contributed by atoms with Crippen molar-refractivity contribution in [2.75, 3.05) is 18.4 Å². The Labute approximate surface area is 254 Å². The minimum atomic E-state index is -3.94. The standard InChI is InChI=1S/C31H44N6O5S/c1-19-16-20(2)28(21(3)17-19)43(41,42)37-31(33)34-15-5-6-27(36-29(39)25-9-7-23(18-32)8-10-25)30(40)35-26-13-11-24(12-14-26)22(4)38/h11-14,16-17,23,25,27H,5-10,15,18,32H2,1-4H3,(H,35,40)(H,36,39)(H3,33,34,37). The van der Waals surface area contributed by atoms with Gasteiger partial charge >= 0.3 is 0 Å². The molecule has 0 aromatic heterocycles. The van der Waals surface area contributed by atoms with Crippen LogP contribution >= 0.6 is 0 Å². The smallest absolute Gasteiger partial charge is 0.264 e. The monoisotopic (exact) mass is 612 g/mol. The van der Waals surface area contributed by atoms with Gasteiger partial charge in [0.05, 0.1) is 4.90 Å². The Hall–Kier alpha value is -3.77. The van der Waals surface area contributed by atoms with Crippen LogP contribution in [0.5, 0.6) is 0 Å². The second-order valence-electron chi connectivity index (χ2n) is 11.4. The van der Waals surface area contributed by atoms with Gasteiger partial charge < -0.3 is 22.1 Å². The molecule has 0 aliphatic heterocycles. The molecule has 1 fully saturated rings. The van der Waals surface area contributed by atoms with E-state index in [4.69, 9.17) is 11.5 Å². The third kappa shape index (κ3) is 9.62. The third-order valence-electron chi connectivity index (χ3n) is 7.79. The average molecular weight is 613 g/mol. The molecular weight excluding hydrogens is 568 g/mol. The van der Waals surface area contributed by atoms with Gasteiger partial charge in [-0.25, -0.2) is 13.1 Å². The molecule has 234 valence electrons. The Morgan fingerprint density at radius 2 is 1.60 bits per heavy atom. The number of carbonyl (C=O) groups excluding carboxylic acids is 3. The van der Waals surface area contributed by atoms with Crippen LogP contribution in [-0.2, 0) is 19.6 Å². The van der Waals surface area contributed by atoms with E-state index in [1.165, 1.54) is 6.92 Å². The molecule has 43 heavy (non-hydrogen) atoms. The molecule has 0 heterocycles. The zero-order valence-electron chi connectivity index (χ0n) is 25.4. The van der Waals surface area contributed by atoms with Gasteiger partial charge in [0.2, 0.25) is 17.8 Å². The summed E-state index contributed by atoms with van der Waals surface area (Å²) in [6.45, 7) is 7.55. The number of nitrogens with zero attached hydrogens (tertiary/aromatic N) is 1. The number of aliphatic imine (C=N–C) groups is 1. The van der Waals surface area contributed by atoms with Crippen molar-refractivity contribution < 1.29 is 22.8 Å². The van der Waals surface area contributed by atoms with Gasteiger partial charge in [0.15, 0.2) is 5.78 Å². The summed E-state index contributed by atoms with van der Waals surface area (Å²) >= 11 is 0. The molecule has 2 aromatic rings. The molecule has 0 radical (unpaired) electrons. The number of Topliss-reactive ketones (excluding diaryl/α,β-unsaturated/α-hetero) is 1. The van der Waals surface area contributed by atoms with Crippen LogP contribution in [0, 0.1) is 32.6 Å². The minimum absolute atomic E-state index is 0.0846. The van der Waals surface area contributed by atoms with Crippen LogP contribution in [0.15, 0.2) is 46.3 Å². The normalized spacial score (nSPS) is 18.0. The second kappa shape index (κ2) is 15.1. The van der Waals surface area contributed by atoms with Crippen molar-refractivity contribution in [3.05, 3.63) is 58.7 Å². The van der Waals surface area contributed by atoms with Gasteiger partial charge in [-0.05, 0) is 114 Å². The molecule has 0 bridgehead atoms. The number of sulfonamides is 1. The molecule has 2 aromatic carbocycles. The van der Waals surface area contributed by atoms with Gasteiger partial charge in [-0.1, -0.05) is 17.7 Å². The molecule has 0 saturated heterocycles. The number of amides is 2. The summed E-state index contributed by atoms with van der Waals surface area (Å²) in [5.41, 5.74) is 14.9. The lowest BCUT2D eigenvalue weighted by molar-refractivity contribution is -0.130. The summed E-state index contributed by atoms with van der Waals surface area (Å²) in [6.07, 6.45) is 3.79. The van der Waals surface area contributed by atoms with E-state index < -0.39 is 22.0 Å². The number of guanidine groups is 1. The minimum Gasteiger partial charge on any atom is -0.369 e. The number of hydrogen-bond donors (Lipinski definition) is 5. The first-order valence-corrected chi connectivity index (χ1v) is 16.1. The summed E-state index contributed by atoms with van der Waals surface area (Å²) in [5, 5.41) is 5.72. The number of ketones is 1. The molecular formula is C31H44N6O5S. The Kier molecular flexibility index (Phi) is 11.8. The summed E-state index contributed by atoms with van der Waals surface area (Å²) in [4.78, 5) is 42.3. The fourth-order valence-corrected chi connectivity index (χ4v) is 6.95. The molecule has 1 atom stereocenters. The van der Waals surface area contributed by atoms with E-state index in [1.54, 1.807) is 50.2 Å². The SMILES string of the molecule is CC(=O)c1ccc(NC(=O)C(CCCN=C(N)NS(=O)(=O)c2c(C)cc(C)cc2C)NC(=O)C2CCC(CN)CC2)cc1. The first kappa shape index (κ1) is 33.7. The molecule has 1 aliphatic carbocycles. The molecule has 1 unspecified atom stereocenters. The van der Waals surface area contributed by atoms with Crippen molar-refractivity contribution in [3.63, 3.8) is 0 Å². The fourth-order valence-electron chi connectivity index (χ4n) is 5.54. The Morgan fingerprint density at radius 3 is 2.16 bits per heavy atom. The number of hydrogen-bond acceptors (Lipinski definition) is 7. The maximum atomic E-state index is 13.2. The topological polar surface area (TPSA) is 186 Å². The van der Waals surface area contributed by atoms with Crippen molar-refractivity contribution in [2.24, 2.45) is 28.3 Å². The van der Waals surface area contributed by atoms with E-state index in [2.05, 4.69) is 20.3 Å². The number of anilines is 1. The zero-order valence-corrected chi connectivity index (χ0v) is 26.2. The molecule has 7 N–H and O–H groups in total. The van der Waals surface area contributed by atoms with E-state index in [1.807, 2.05) is 6.92 Å². The van der Waals surface area contributed by atoms with Crippen molar-refractivity contribution in [1.82, 2.24) is 10.0 Å². The van der Waals surface area contributed by atoms with Crippen LogP contribution in [0.2, 0.25) is 0 Å². The summed E-state index contributed by atoms with van der Waals surface area (Å²) in [6, 6.07) is 9.25. The summed E-state index contributed by atoms with van der Waals surface area (Å²) < 4.78 is 28.3. The Bertz CT molecular complexity index is 1420. The van der Waals surface area contributed by atoms with Crippen molar-refractivity contribution in [3.8, 4) is 0 Å². The van der Waals surface area contributed by atoms with Gasteiger partial charge in [0, 0.05) is 23.7 Å². The lowest BCUT2D eigenvalue weighted by atomic mass is 9.81. The lowest BCUT2D eigenvalue weighted by Crippen LogP contribution is -2.46. The van der Waals surface area contributed by atoms with Crippen molar-refractivity contribution in [1.29, 1.82) is 0 Å². The molecule has 3 rings (SSSR count). The van der Waals surface area contributed by atoms with Crippen LogP contribution in [0.25, 0.3) is 0 Å². The average Bonchev–Trinajstić information content (AvgIpc) is 2.93. The van der Waals surface area contributed by atoms with Gasteiger partial charge in [0.1, 0.15) is 6.04 Å². The highest BCUT2D eigenvalue weighted by molar-refractivity contribution is 7.90. The van der Waals surface area contributed by atoms with Gasteiger partial charge in [-0.2, -0.15) is 0 Å². The first-order valence-electron chi connectivity index (χ1n) is 14.6. The maximum Gasteiger partial charge on any atom is 0.264 e. The molecule has 11 nitrogen and oxygen atoms in total. The molecule has 1 saturated carbocycles. The highest BCUT2D eigenvalue weighted by atomic mass is 32.2. The van der Waals surface area contributed by atoms with E-state index in [9.17, 15) is 22.8 Å². The second-order valence-corrected chi connectivity index (χ2v) is 13.0.